The fourth-order valence-corrected chi connectivity index (χ4v) is 6.16. The minimum atomic E-state index is -0.557. The summed E-state index contributed by atoms with van der Waals surface area (Å²) in [5, 5.41) is 4.49. The molecule has 0 unspecified atom stereocenters. The van der Waals surface area contributed by atoms with Gasteiger partial charge in [-0.25, -0.2) is 9.78 Å². The molecule has 2 aromatic carbocycles. The number of hydrogen-bond acceptors (Lipinski definition) is 8. The Kier molecular flexibility index (Phi) is 10.2. The van der Waals surface area contributed by atoms with Crippen LogP contribution in [0.2, 0.25) is 10.0 Å². The maximum absolute atomic E-state index is 12.4. The van der Waals surface area contributed by atoms with Gasteiger partial charge < -0.3 is 24.4 Å². The monoisotopic (exact) mass is 682 g/mol. The van der Waals surface area contributed by atoms with Gasteiger partial charge in [-0.05, 0) is 86.3 Å². The van der Waals surface area contributed by atoms with Gasteiger partial charge in [0, 0.05) is 23.5 Å². The Balaban J connectivity index is 1.56. The molecule has 3 aromatic rings. The van der Waals surface area contributed by atoms with Crippen LogP contribution in [0.25, 0.3) is 0 Å². The predicted molar refractivity (Wildman–Crippen MR) is 167 cm³/mol. The minimum Gasteiger partial charge on any atom is -0.497 e. The second-order valence-corrected chi connectivity index (χ2v) is 13.5. The van der Waals surface area contributed by atoms with Gasteiger partial charge in [-0.2, -0.15) is 4.98 Å². The number of alkyl carbamates (subject to hydrolysis) is 1. The molecule has 12 heteroatoms. The van der Waals surface area contributed by atoms with E-state index in [4.69, 9.17) is 47.4 Å². The number of aromatic nitrogens is 2. The van der Waals surface area contributed by atoms with Crippen molar-refractivity contribution >= 4 is 62.8 Å². The van der Waals surface area contributed by atoms with Gasteiger partial charge in [0.05, 0.1) is 17.2 Å². The lowest BCUT2D eigenvalue weighted by molar-refractivity contribution is 0.0448. The van der Waals surface area contributed by atoms with E-state index in [1.54, 1.807) is 13.2 Å². The number of halogens is 3. The molecule has 1 N–H and O–H groups in total. The van der Waals surface area contributed by atoms with E-state index < -0.39 is 17.2 Å². The van der Waals surface area contributed by atoms with Crippen LogP contribution in [0.3, 0.4) is 0 Å². The third-order valence-corrected chi connectivity index (χ3v) is 8.88. The zero-order chi connectivity index (χ0) is 29.8. The van der Waals surface area contributed by atoms with Crippen LogP contribution in [0.5, 0.6) is 11.6 Å². The molecule has 0 aliphatic carbocycles. The Morgan fingerprint density at radius 1 is 1.12 bits per heavy atom. The molecule has 0 saturated carbocycles. The molecule has 1 amide bonds. The number of benzene rings is 2. The lowest BCUT2D eigenvalue weighted by Gasteiger charge is -2.40. The zero-order valence-corrected chi connectivity index (χ0v) is 27.5. The minimum absolute atomic E-state index is 0.286. The fraction of sp³-hybridized carbons (Fsp3) is 0.414. The average Bonchev–Trinajstić information content (AvgIpc) is 2.90. The molecule has 41 heavy (non-hydrogen) atoms. The van der Waals surface area contributed by atoms with Crippen LogP contribution in [-0.2, 0) is 11.3 Å². The van der Waals surface area contributed by atoms with E-state index in [-0.39, 0.29) is 6.61 Å². The first-order valence-corrected chi connectivity index (χ1v) is 15.4. The summed E-state index contributed by atoms with van der Waals surface area (Å²) in [6.07, 6.45) is 0.998. The third-order valence-electron chi connectivity index (χ3n) is 6.40. The van der Waals surface area contributed by atoms with E-state index in [9.17, 15) is 4.79 Å². The number of hydrogen-bond donors (Lipinski definition) is 1. The molecule has 4 rings (SSSR count). The van der Waals surface area contributed by atoms with Crippen molar-refractivity contribution < 1.29 is 19.0 Å². The molecule has 1 fully saturated rings. The summed E-state index contributed by atoms with van der Waals surface area (Å²) >= 11 is 17.7. The van der Waals surface area contributed by atoms with Crippen molar-refractivity contribution in [2.45, 2.75) is 68.2 Å². The highest BCUT2D eigenvalue weighted by molar-refractivity contribution is 9.10. The lowest BCUT2D eigenvalue weighted by Crippen LogP contribution is -2.54. The molecule has 1 aliphatic rings. The van der Waals surface area contributed by atoms with Crippen molar-refractivity contribution in [2.75, 3.05) is 25.1 Å². The Bertz CT molecular complexity index is 1380. The molecule has 8 nitrogen and oxygen atoms in total. The summed E-state index contributed by atoms with van der Waals surface area (Å²) in [5.74, 6) is 1.81. The number of carbonyl (C=O) groups excluding carboxylic acids is 1. The first kappa shape index (κ1) is 31.5. The molecule has 2 heterocycles. The molecule has 1 aliphatic heterocycles. The molecule has 0 atom stereocenters. The zero-order valence-electron chi connectivity index (χ0n) is 23.6. The summed E-state index contributed by atoms with van der Waals surface area (Å²) in [6.45, 7) is 9.19. The van der Waals surface area contributed by atoms with Crippen LogP contribution in [0, 0.1) is 0 Å². The van der Waals surface area contributed by atoms with Gasteiger partial charge in [0.2, 0.25) is 5.88 Å². The molecular weight excluding hydrogens is 651 g/mol. The Labute approximate surface area is 263 Å². The van der Waals surface area contributed by atoms with Crippen LogP contribution < -0.4 is 19.7 Å². The second kappa shape index (κ2) is 13.3. The first-order valence-electron chi connectivity index (χ1n) is 13.1. The summed E-state index contributed by atoms with van der Waals surface area (Å²) in [4.78, 5) is 25.0. The third kappa shape index (κ3) is 8.56. The normalized spacial score (nSPS) is 14.9. The van der Waals surface area contributed by atoms with E-state index in [0.29, 0.717) is 57.3 Å². The van der Waals surface area contributed by atoms with Gasteiger partial charge in [0.15, 0.2) is 10.8 Å². The summed E-state index contributed by atoms with van der Waals surface area (Å²) in [6, 6.07) is 13.1. The SMILES string of the molecule is COc1ccc(COc2nc(N3CCC(C)(NC(=O)OC(C)(C)C)CC3)c(Br)nc2Sc2cccc(Cl)c2Cl)cc1. The van der Waals surface area contributed by atoms with Gasteiger partial charge in [-0.3, -0.25) is 0 Å². The Morgan fingerprint density at radius 3 is 2.44 bits per heavy atom. The van der Waals surface area contributed by atoms with Crippen LogP contribution in [0.1, 0.15) is 46.1 Å². The molecule has 0 spiro atoms. The smallest absolute Gasteiger partial charge is 0.408 e. The molecule has 0 bridgehead atoms. The Hall–Kier alpha value is -2.40. The van der Waals surface area contributed by atoms with Crippen LogP contribution >= 0.6 is 50.9 Å². The van der Waals surface area contributed by atoms with Gasteiger partial charge >= 0.3 is 6.09 Å². The number of anilines is 1. The first-order chi connectivity index (χ1) is 19.4. The number of nitrogens with zero attached hydrogens (tertiary/aromatic N) is 3. The van der Waals surface area contributed by atoms with Gasteiger partial charge in [0.25, 0.3) is 0 Å². The van der Waals surface area contributed by atoms with Gasteiger partial charge in [0.1, 0.15) is 22.6 Å². The van der Waals surface area contributed by atoms with E-state index in [1.807, 2.05) is 64.1 Å². The van der Waals surface area contributed by atoms with Crippen molar-refractivity contribution in [3.05, 3.63) is 62.7 Å². The molecule has 220 valence electrons. The quantitative estimate of drug-likeness (QED) is 0.255. The van der Waals surface area contributed by atoms with Crippen LogP contribution in [-0.4, -0.2) is 47.4 Å². The maximum Gasteiger partial charge on any atom is 0.408 e. The summed E-state index contributed by atoms with van der Waals surface area (Å²) in [7, 11) is 1.63. The predicted octanol–water partition coefficient (Wildman–Crippen LogP) is 8.17. The number of ether oxygens (including phenoxy) is 3. The number of carbonyl (C=O) groups is 1. The topological polar surface area (TPSA) is 85.8 Å². The maximum atomic E-state index is 12.4. The summed E-state index contributed by atoms with van der Waals surface area (Å²) < 4.78 is 17.5. The highest BCUT2D eigenvalue weighted by Gasteiger charge is 2.34. The van der Waals surface area contributed by atoms with Crippen molar-refractivity contribution in [1.82, 2.24) is 15.3 Å². The fourth-order valence-electron chi connectivity index (χ4n) is 4.17. The van der Waals surface area contributed by atoms with E-state index in [0.717, 1.165) is 16.2 Å². The average molecular weight is 684 g/mol. The molecular formula is C29H33BrCl2N4O4S. The number of amides is 1. The number of nitrogens with one attached hydrogen (secondary N) is 1. The van der Waals surface area contributed by atoms with Gasteiger partial charge in [-0.1, -0.05) is 53.2 Å². The highest BCUT2D eigenvalue weighted by atomic mass is 79.9. The van der Waals surface area contributed by atoms with Crippen molar-refractivity contribution in [1.29, 1.82) is 0 Å². The highest BCUT2D eigenvalue weighted by Crippen LogP contribution is 2.42. The Morgan fingerprint density at radius 2 is 1.80 bits per heavy atom. The largest absolute Gasteiger partial charge is 0.497 e. The van der Waals surface area contributed by atoms with E-state index in [2.05, 4.69) is 26.1 Å². The summed E-state index contributed by atoms with van der Waals surface area (Å²) in [5.41, 5.74) is 0.000482. The molecule has 1 aromatic heterocycles. The van der Waals surface area contributed by atoms with Gasteiger partial charge in [-0.15, -0.1) is 0 Å². The lowest BCUT2D eigenvalue weighted by atomic mass is 9.90. The molecule has 1 saturated heterocycles. The second-order valence-electron chi connectivity index (χ2n) is 10.9. The van der Waals surface area contributed by atoms with E-state index in [1.165, 1.54) is 11.8 Å². The van der Waals surface area contributed by atoms with E-state index >= 15 is 0 Å². The standard InChI is InChI=1S/C29H33BrCl2N4O4S/c1-28(2,3)40-27(37)35-29(4)13-15-36(16-14-29)24-23(30)33-26(41-21-8-6-7-20(31)22(21)32)25(34-24)39-17-18-9-11-19(38-5)12-10-18/h6-12H,13-17H2,1-5H3,(H,35,37). The molecule has 0 radical (unpaired) electrons. The number of methoxy groups -OCH3 is 1. The van der Waals surface area contributed by atoms with Crippen molar-refractivity contribution in [3.8, 4) is 11.6 Å². The number of piperidine rings is 1. The van der Waals surface area contributed by atoms with Crippen molar-refractivity contribution in [2.24, 2.45) is 0 Å². The van der Waals surface area contributed by atoms with Crippen LogP contribution in [0.15, 0.2) is 57.0 Å². The van der Waals surface area contributed by atoms with Crippen LogP contribution in [0.4, 0.5) is 10.6 Å². The van der Waals surface area contributed by atoms with Crippen molar-refractivity contribution in [3.63, 3.8) is 0 Å². The number of rotatable bonds is 8.